The highest BCUT2D eigenvalue weighted by atomic mass is 31.2. The normalized spacial score (nSPS) is 14.3. The van der Waals surface area contributed by atoms with Crippen molar-refractivity contribution in [3.05, 3.63) is 122 Å². The van der Waals surface area contributed by atoms with Gasteiger partial charge in [0.05, 0.1) is 33.8 Å². The van der Waals surface area contributed by atoms with Crippen molar-refractivity contribution in [3.63, 3.8) is 0 Å². The Morgan fingerprint density at radius 1 is 0.419 bits per heavy atom. The van der Waals surface area contributed by atoms with Gasteiger partial charge in [0.2, 0.25) is 5.91 Å². The first-order chi connectivity index (χ1) is 41.9. The molecule has 0 bridgehead atoms. The van der Waals surface area contributed by atoms with E-state index in [-0.39, 0.29) is 31.5 Å². The number of quaternary nitrogens is 1. The highest BCUT2D eigenvalue weighted by Crippen LogP contribution is 2.43. The van der Waals surface area contributed by atoms with Crippen molar-refractivity contribution < 1.29 is 37.3 Å². The fourth-order valence-electron chi connectivity index (χ4n) is 9.72. The molecule has 0 fully saturated rings. The van der Waals surface area contributed by atoms with Crippen molar-refractivity contribution in [1.82, 2.24) is 5.32 Å². The molecular formula is C76H134N2O7P+. The van der Waals surface area contributed by atoms with E-state index < -0.39 is 20.0 Å². The molecular weight excluding hydrogens is 1080 g/mol. The van der Waals surface area contributed by atoms with Crippen LogP contribution in [0.3, 0.4) is 0 Å². The summed E-state index contributed by atoms with van der Waals surface area (Å²) in [6, 6.07) is -0.867. The summed E-state index contributed by atoms with van der Waals surface area (Å²) in [6.45, 7) is 6.86. The minimum absolute atomic E-state index is 0.0304. The lowest BCUT2D eigenvalue weighted by atomic mass is 10.0. The Hall–Kier alpha value is -3.59. The molecule has 0 radical (unpaired) electrons. The number of allylic oxidation sites excluding steroid dienone is 19. The molecule has 0 aromatic rings. The number of nitrogens with zero attached hydrogens (tertiary/aromatic N) is 1. The molecule has 3 unspecified atom stereocenters. The number of ether oxygens (including phenoxy) is 1. The van der Waals surface area contributed by atoms with Crippen LogP contribution in [0.25, 0.3) is 0 Å². The van der Waals surface area contributed by atoms with Crippen LogP contribution in [0.1, 0.15) is 297 Å². The first-order valence-corrected chi connectivity index (χ1v) is 36.9. The van der Waals surface area contributed by atoms with Crippen LogP contribution in [0.4, 0.5) is 0 Å². The maximum absolute atomic E-state index is 13.6. The fourth-order valence-corrected chi connectivity index (χ4v) is 10.5. The Morgan fingerprint density at radius 2 is 0.744 bits per heavy atom. The maximum Gasteiger partial charge on any atom is 0.472 e. The van der Waals surface area contributed by atoms with E-state index in [1.807, 2.05) is 33.3 Å². The number of rotatable bonds is 63. The van der Waals surface area contributed by atoms with Gasteiger partial charge in [-0.15, -0.1) is 0 Å². The van der Waals surface area contributed by atoms with E-state index in [2.05, 4.69) is 135 Å². The standard InChI is InChI=1S/C76H133N2O7P/c1-7-10-13-16-19-22-25-28-30-32-34-36-37-38-39-40-41-43-44-46-48-50-53-56-59-62-65-68-75(79)77-73(72-84-86(81,82)83-71-70-78(4,5)6)74(67-64-61-58-55-52-27-24-21-18-15-12-9-3)85-76(80)69-66-63-60-57-54-51-49-47-45-42-35-33-31-29-26-23-20-17-14-11-8-2/h11,14,19-20,22-23,28-31,34-36,38-39,42,47,49,64,67,73-74H,7-10,12-13,15-18,21,24-27,32-33,37,40-41,43-46,48,50-63,65-66,68-72H2,1-6H3,(H-,77,79,81,82)/p+1/b14-11-,22-19-,23-20-,30-28-,31-29-,36-34-,39-38-,42-35-,49-47-,67-64-. The van der Waals surface area contributed by atoms with E-state index in [0.29, 0.717) is 23.9 Å². The second kappa shape index (κ2) is 64.4. The summed E-state index contributed by atoms with van der Waals surface area (Å²) in [7, 11) is 1.47. The molecule has 494 valence electrons. The lowest BCUT2D eigenvalue weighted by Crippen LogP contribution is -2.47. The number of hydrogen-bond acceptors (Lipinski definition) is 6. The SMILES string of the molecule is CC/C=C\C/C=C\C/C=C\C/C=C\C/C=C\CCCCCCCC(=O)OC(/C=C\CCCCCCCCCCCC)C(COP(=O)(O)OCC[N+](C)(C)C)NC(=O)CCCCCCCCCCCCC/C=C\C/C=C\C/C=C\C/C=C\CCCCC. The molecule has 3 atom stereocenters. The summed E-state index contributed by atoms with van der Waals surface area (Å²) in [4.78, 5) is 37.9. The van der Waals surface area contributed by atoms with Crippen LogP contribution in [0, 0.1) is 0 Å². The fraction of sp³-hybridized carbons (Fsp3) is 0.711. The van der Waals surface area contributed by atoms with Crippen molar-refractivity contribution in [2.75, 3.05) is 40.9 Å². The summed E-state index contributed by atoms with van der Waals surface area (Å²) in [5.74, 6) is -0.532. The van der Waals surface area contributed by atoms with Gasteiger partial charge in [0.1, 0.15) is 19.3 Å². The van der Waals surface area contributed by atoms with Gasteiger partial charge in [0.15, 0.2) is 0 Å². The second-order valence-corrected chi connectivity index (χ2v) is 26.1. The van der Waals surface area contributed by atoms with Crippen molar-refractivity contribution in [2.24, 2.45) is 0 Å². The molecule has 10 heteroatoms. The molecule has 0 saturated carbocycles. The lowest BCUT2D eigenvalue weighted by molar-refractivity contribution is -0.870. The van der Waals surface area contributed by atoms with Crippen LogP contribution in [0.5, 0.6) is 0 Å². The summed E-state index contributed by atoms with van der Waals surface area (Å²) >= 11 is 0. The minimum Gasteiger partial charge on any atom is -0.456 e. The van der Waals surface area contributed by atoms with E-state index in [9.17, 15) is 19.0 Å². The molecule has 9 nitrogen and oxygen atoms in total. The Kier molecular flexibility index (Phi) is 61.7. The van der Waals surface area contributed by atoms with Crippen molar-refractivity contribution in [1.29, 1.82) is 0 Å². The molecule has 0 heterocycles. The quantitative estimate of drug-likeness (QED) is 0.0205. The first kappa shape index (κ1) is 82.4. The van der Waals surface area contributed by atoms with Gasteiger partial charge >= 0.3 is 13.8 Å². The van der Waals surface area contributed by atoms with Crippen LogP contribution >= 0.6 is 7.82 Å². The van der Waals surface area contributed by atoms with Crippen LogP contribution in [-0.4, -0.2) is 74.3 Å². The van der Waals surface area contributed by atoms with E-state index in [0.717, 1.165) is 128 Å². The Labute approximate surface area is 531 Å². The number of carbonyl (C=O) groups is 2. The number of likely N-dealkylation sites (N-methyl/N-ethyl adjacent to an activating group) is 1. The predicted molar refractivity (Wildman–Crippen MR) is 373 cm³/mol. The summed E-state index contributed by atoms with van der Waals surface area (Å²) in [5.41, 5.74) is 0. The summed E-state index contributed by atoms with van der Waals surface area (Å²) in [6.07, 6.45) is 90.6. The van der Waals surface area contributed by atoms with Gasteiger partial charge in [-0.3, -0.25) is 18.6 Å². The topological polar surface area (TPSA) is 111 Å². The van der Waals surface area contributed by atoms with Crippen LogP contribution in [0.2, 0.25) is 0 Å². The average Bonchev–Trinajstić information content (AvgIpc) is 3.69. The molecule has 1 amide bonds. The minimum atomic E-state index is -4.47. The molecule has 0 aliphatic heterocycles. The van der Waals surface area contributed by atoms with Crippen molar-refractivity contribution >= 4 is 19.7 Å². The predicted octanol–water partition coefficient (Wildman–Crippen LogP) is 22.6. The molecule has 0 rings (SSSR count). The summed E-state index contributed by atoms with van der Waals surface area (Å²) < 4.78 is 30.8. The van der Waals surface area contributed by atoms with Gasteiger partial charge in [-0.05, 0) is 122 Å². The third-order valence-electron chi connectivity index (χ3n) is 15.1. The lowest BCUT2D eigenvalue weighted by Gasteiger charge is -2.27. The Morgan fingerprint density at radius 3 is 1.14 bits per heavy atom. The third-order valence-corrected chi connectivity index (χ3v) is 16.1. The zero-order chi connectivity index (χ0) is 62.8. The number of hydrogen-bond donors (Lipinski definition) is 2. The molecule has 86 heavy (non-hydrogen) atoms. The Balaban J connectivity index is 5.12. The Bertz CT molecular complexity index is 1890. The molecule has 2 N–H and O–H groups in total. The number of nitrogens with one attached hydrogen (secondary N) is 1. The number of amides is 1. The van der Waals surface area contributed by atoms with Gasteiger partial charge < -0.3 is 19.4 Å². The van der Waals surface area contributed by atoms with Crippen molar-refractivity contribution in [3.8, 4) is 0 Å². The van der Waals surface area contributed by atoms with Crippen LogP contribution in [-0.2, 0) is 27.9 Å². The average molecular weight is 1220 g/mol. The van der Waals surface area contributed by atoms with E-state index >= 15 is 0 Å². The molecule has 0 aliphatic rings. The largest absolute Gasteiger partial charge is 0.472 e. The van der Waals surface area contributed by atoms with Gasteiger partial charge in [0, 0.05) is 12.8 Å². The smallest absolute Gasteiger partial charge is 0.456 e. The highest BCUT2D eigenvalue weighted by Gasteiger charge is 2.30. The number of phosphoric acid groups is 1. The third kappa shape index (κ3) is 64.9. The van der Waals surface area contributed by atoms with Gasteiger partial charge in [-0.1, -0.05) is 284 Å². The number of phosphoric ester groups is 1. The zero-order valence-corrected chi connectivity index (χ0v) is 57.4. The first-order valence-electron chi connectivity index (χ1n) is 35.4. The molecule has 0 aromatic heterocycles. The molecule has 0 saturated heterocycles. The second-order valence-electron chi connectivity index (χ2n) is 24.7. The van der Waals surface area contributed by atoms with Crippen LogP contribution < -0.4 is 5.32 Å². The number of unbranched alkanes of at least 4 members (excludes halogenated alkanes) is 29. The van der Waals surface area contributed by atoms with E-state index in [4.69, 9.17) is 13.8 Å². The van der Waals surface area contributed by atoms with E-state index in [1.165, 1.54) is 128 Å². The number of esters is 1. The zero-order valence-electron chi connectivity index (χ0n) is 56.5. The number of carbonyl (C=O) groups excluding carboxylic acids is 2. The molecule has 0 aromatic carbocycles. The van der Waals surface area contributed by atoms with Crippen LogP contribution in [0.15, 0.2) is 122 Å². The van der Waals surface area contributed by atoms with Crippen molar-refractivity contribution in [2.45, 2.75) is 309 Å². The summed E-state index contributed by atoms with van der Waals surface area (Å²) in [5, 5.41) is 3.06. The van der Waals surface area contributed by atoms with Gasteiger partial charge in [0.25, 0.3) is 0 Å². The molecule has 0 aliphatic carbocycles. The van der Waals surface area contributed by atoms with E-state index in [1.54, 1.807) is 0 Å². The van der Waals surface area contributed by atoms with Gasteiger partial charge in [-0.2, -0.15) is 0 Å². The maximum atomic E-state index is 13.6. The molecule has 0 spiro atoms. The van der Waals surface area contributed by atoms with Gasteiger partial charge in [-0.25, -0.2) is 4.57 Å². The highest BCUT2D eigenvalue weighted by molar-refractivity contribution is 7.47. The monoisotopic (exact) mass is 1220 g/mol.